The molecule has 28 valence electrons. The van der Waals surface area contributed by atoms with E-state index in [2.05, 4.69) is 0 Å². The van der Waals surface area contributed by atoms with Crippen LogP contribution in [0.4, 0.5) is 0 Å². The van der Waals surface area contributed by atoms with Crippen LogP contribution in [0, 0.1) is 21.6 Å². The molecule has 0 unspecified atom stereocenters. The molecule has 0 aromatic carbocycles. The standard InChI is InChI=1S/ClH.2N2/c;2*1-2/h1H;;. The van der Waals surface area contributed by atoms with Crippen LogP contribution >= 0.6 is 12.4 Å². The summed E-state index contributed by atoms with van der Waals surface area (Å²) in [6.45, 7) is 0. The van der Waals surface area contributed by atoms with Crippen LogP contribution in [0.15, 0.2) is 0 Å². The van der Waals surface area contributed by atoms with Crippen LogP contribution in [0.5, 0.6) is 0 Å². The maximum absolute atomic E-state index is 6.00. The third kappa shape index (κ3) is 5.28. The number of nitrogens with zero attached hydrogens (tertiary/aromatic N) is 4. The molecule has 4 nitrogen and oxygen atoms in total. The first kappa shape index (κ1) is 31.7. The van der Waals surface area contributed by atoms with E-state index in [0.717, 1.165) is 0 Å². The topological polar surface area (TPSA) is 95.2 Å². The van der Waals surface area contributed by atoms with Gasteiger partial charge in [-0.2, -0.15) is 0 Å². The first-order valence-corrected chi connectivity index (χ1v) is 0.400. The van der Waals surface area contributed by atoms with Gasteiger partial charge >= 0.3 is 0 Å². The van der Waals surface area contributed by atoms with Gasteiger partial charge in [0.2, 0.25) is 0 Å². The van der Waals surface area contributed by atoms with Crippen molar-refractivity contribution in [1.29, 1.82) is 21.6 Å². The van der Waals surface area contributed by atoms with Crippen molar-refractivity contribution in [2.45, 2.75) is 0 Å². The van der Waals surface area contributed by atoms with E-state index >= 15 is 0 Å². The monoisotopic (exact) mass is 92.0 g/mol. The van der Waals surface area contributed by atoms with Crippen molar-refractivity contribution in [3.8, 4) is 0 Å². The molecule has 0 atom stereocenters. The molecule has 0 N–H and O–H groups in total. The maximum atomic E-state index is 6.00. The summed E-state index contributed by atoms with van der Waals surface area (Å²) in [6.07, 6.45) is 0. The highest BCUT2D eigenvalue weighted by Crippen LogP contribution is 0.690. The highest BCUT2D eigenvalue weighted by molar-refractivity contribution is 5.85. The Kier molecular flexibility index (Phi) is 119. The van der Waals surface area contributed by atoms with Crippen LogP contribution in [0.3, 0.4) is 0 Å². The van der Waals surface area contributed by atoms with E-state index in [1.165, 1.54) is 0 Å². The van der Waals surface area contributed by atoms with Crippen LogP contribution in [-0.2, 0) is 0 Å². The third-order valence-electron chi connectivity index (χ3n) is 0. The number of hydrogen-bond acceptors (Lipinski definition) is 4. The third-order valence-corrected chi connectivity index (χ3v) is 0. The molecule has 0 aromatic heterocycles. The summed E-state index contributed by atoms with van der Waals surface area (Å²) in [5, 5.41) is 24.0. The van der Waals surface area contributed by atoms with E-state index < -0.39 is 0 Å². The summed E-state index contributed by atoms with van der Waals surface area (Å²) in [5.74, 6) is 0. The lowest BCUT2D eigenvalue weighted by atomic mass is 13.4. The predicted molar refractivity (Wildman–Crippen MR) is 14.1 cm³/mol. The minimum Gasteiger partial charge on any atom is -0.147 e. The summed E-state index contributed by atoms with van der Waals surface area (Å²) in [5.41, 5.74) is 0. The zero-order chi connectivity index (χ0) is 4.00. The van der Waals surface area contributed by atoms with Crippen LogP contribution in [0.1, 0.15) is 0 Å². The van der Waals surface area contributed by atoms with Crippen LogP contribution in [-0.4, -0.2) is 0 Å². The highest BCUT2D eigenvalue weighted by Gasteiger charge is 0.579. The van der Waals surface area contributed by atoms with E-state index in [1.54, 1.807) is 0 Å². The molecule has 0 saturated heterocycles. The van der Waals surface area contributed by atoms with Gasteiger partial charge < -0.3 is 0 Å². The fraction of sp³-hybridized carbons (Fsp3) is 0. The minimum absolute atomic E-state index is 0. The van der Waals surface area contributed by atoms with E-state index in [9.17, 15) is 0 Å². The zero-order valence-electron chi connectivity index (χ0n) is 2.20. The second-order valence-electron chi connectivity index (χ2n) is 0. The molecule has 5 heteroatoms. The van der Waals surface area contributed by atoms with E-state index in [1.807, 2.05) is 0 Å². The quantitative estimate of drug-likeness (QED) is 0.406. The summed E-state index contributed by atoms with van der Waals surface area (Å²) < 4.78 is 0. The molecule has 0 spiro atoms. The molecule has 0 aliphatic carbocycles. The van der Waals surface area contributed by atoms with Crippen molar-refractivity contribution in [2.75, 3.05) is 0 Å². The van der Waals surface area contributed by atoms with Crippen molar-refractivity contribution in [2.24, 2.45) is 0 Å². The van der Waals surface area contributed by atoms with Crippen molar-refractivity contribution in [3.63, 3.8) is 0 Å². The number of rotatable bonds is 0. The molecule has 5 heavy (non-hydrogen) atoms. The lowest BCUT2D eigenvalue weighted by molar-refractivity contribution is 1.15. The highest BCUT2D eigenvalue weighted by atomic mass is 35.5. The first-order chi connectivity index (χ1) is 2.00. The summed E-state index contributed by atoms with van der Waals surface area (Å²) in [7, 11) is 0. The van der Waals surface area contributed by atoms with Gasteiger partial charge in [-0.15, -0.1) is 12.4 Å². The first-order valence-electron chi connectivity index (χ1n) is 0.400. The Morgan fingerprint density at radius 1 is 0.600 bits per heavy atom. The Labute approximate surface area is 35.0 Å². The smallest absolute Gasteiger partial charge is 0 e. The normalized spacial score (nSPS) is 0.800. The Balaban J connectivity index is -0.0000000133. The molecule has 0 aliphatic rings. The second kappa shape index (κ2) is 18.8. The predicted octanol–water partition coefficient (Wildman–Crippen LogP) is 0.482. The lowest BCUT2D eigenvalue weighted by Gasteiger charge is -0.577. The summed E-state index contributed by atoms with van der Waals surface area (Å²) in [6, 6.07) is 0. The molecule has 0 bridgehead atoms. The fourth-order valence-corrected chi connectivity index (χ4v) is 0. The second-order valence-corrected chi connectivity index (χ2v) is 0. The van der Waals surface area contributed by atoms with Gasteiger partial charge in [0.15, 0.2) is 0 Å². The molecule has 0 rings (SSSR count). The van der Waals surface area contributed by atoms with E-state index in [-0.39, 0.29) is 12.4 Å². The molecule has 0 amide bonds. The Morgan fingerprint density at radius 2 is 0.600 bits per heavy atom. The molecule has 0 saturated carbocycles. The number of halogens is 1. The molecule has 0 fully saturated rings. The van der Waals surface area contributed by atoms with Gasteiger partial charge in [-0.1, -0.05) is 0 Å². The fourth-order valence-electron chi connectivity index (χ4n) is 0. The van der Waals surface area contributed by atoms with Crippen LogP contribution in [0.2, 0.25) is 0 Å². The molecular weight excluding hydrogens is 91.5 g/mol. The number of hydrogen-bond donors (Lipinski definition) is 0. The lowest BCUT2D eigenvalue weighted by Crippen LogP contribution is -0.562. The molecule has 0 radical (unpaired) electrons. The minimum atomic E-state index is 0. The van der Waals surface area contributed by atoms with Gasteiger partial charge in [0.05, 0.1) is 0 Å². The SMILES string of the molecule is Cl.N#N.N#N. The van der Waals surface area contributed by atoms with Gasteiger partial charge in [-0.25, -0.2) is 0 Å². The van der Waals surface area contributed by atoms with Crippen molar-refractivity contribution >= 4 is 12.4 Å². The molecule has 0 heterocycles. The van der Waals surface area contributed by atoms with Crippen LogP contribution in [0.25, 0.3) is 0 Å². The Morgan fingerprint density at radius 3 is 0.600 bits per heavy atom. The molecule has 0 aromatic rings. The van der Waals surface area contributed by atoms with Crippen LogP contribution < -0.4 is 0 Å². The average Bonchev–Trinajstić information content (AvgIpc) is 1.50. The van der Waals surface area contributed by atoms with Gasteiger partial charge in [0.1, 0.15) is 0 Å². The van der Waals surface area contributed by atoms with Gasteiger partial charge in [0, 0.05) is 21.6 Å². The summed E-state index contributed by atoms with van der Waals surface area (Å²) >= 11 is 0. The largest absolute Gasteiger partial charge is 0.147 e. The zero-order valence-corrected chi connectivity index (χ0v) is 3.01. The van der Waals surface area contributed by atoms with Gasteiger partial charge in [-0.3, -0.25) is 0 Å². The van der Waals surface area contributed by atoms with E-state index in [4.69, 9.17) is 21.6 Å². The van der Waals surface area contributed by atoms with Gasteiger partial charge in [0.25, 0.3) is 0 Å². The average molecular weight is 92.5 g/mol. The molecular formula is HClN4. The molecule has 0 aliphatic heterocycles. The van der Waals surface area contributed by atoms with Crippen molar-refractivity contribution in [3.05, 3.63) is 0 Å². The van der Waals surface area contributed by atoms with E-state index in [0.29, 0.717) is 0 Å². The van der Waals surface area contributed by atoms with Crippen molar-refractivity contribution in [1.82, 2.24) is 0 Å². The Hall–Kier alpha value is -0.870. The van der Waals surface area contributed by atoms with Gasteiger partial charge in [-0.05, 0) is 0 Å². The maximum Gasteiger partial charge on any atom is 0 e. The Bertz CT molecular complexity index is 19.1. The van der Waals surface area contributed by atoms with Crippen molar-refractivity contribution < 1.29 is 0 Å². The summed E-state index contributed by atoms with van der Waals surface area (Å²) in [4.78, 5) is 0.